The minimum absolute atomic E-state index is 0.126. The molecule has 4 heteroatoms. The molecule has 1 heterocycles. The van der Waals surface area contributed by atoms with E-state index in [4.69, 9.17) is 9.52 Å². The van der Waals surface area contributed by atoms with Crippen molar-refractivity contribution in [1.82, 2.24) is 0 Å². The zero-order valence-corrected chi connectivity index (χ0v) is 6.63. The van der Waals surface area contributed by atoms with Crippen LogP contribution in [0.15, 0.2) is 22.8 Å². The Hall–Kier alpha value is -0.900. The van der Waals surface area contributed by atoms with Gasteiger partial charge in [0.15, 0.2) is 0 Å². The second-order valence-corrected chi connectivity index (χ2v) is 2.95. The van der Waals surface area contributed by atoms with Crippen molar-refractivity contribution in [3.8, 4) is 0 Å². The number of hydrogen-bond acceptors (Lipinski definition) is 3. The molecule has 3 nitrogen and oxygen atoms in total. The predicted octanol–water partition coefficient (Wildman–Crippen LogP) is 1.60. The van der Waals surface area contributed by atoms with Crippen molar-refractivity contribution in [3.63, 3.8) is 0 Å². The third-order valence-electron chi connectivity index (χ3n) is 1.05. The zero-order valence-electron chi connectivity index (χ0n) is 5.82. The van der Waals surface area contributed by atoms with Gasteiger partial charge in [0.1, 0.15) is 5.76 Å². The Morgan fingerprint density at radius 2 is 2.55 bits per heavy atom. The van der Waals surface area contributed by atoms with Gasteiger partial charge in [-0.15, -0.1) is 11.8 Å². The average Bonchev–Trinajstić information content (AvgIpc) is 2.39. The van der Waals surface area contributed by atoms with E-state index in [1.807, 2.05) is 6.07 Å². The highest BCUT2D eigenvalue weighted by molar-refractivity contribution is 7.99. The highest BCUT2D eigenvalue weighted by atomic mass is 32.2. The number of thioether (sulfide) groups is 1. The molecule has 1 N–H and O–H groups in total. The van der Waals surface area contributed by atoms with Gasteiger partial charge in [0.25, 0.3) is 0 Å². The molecule has 0 aliphatic heterocycles. The van der Waals surface area contributed by atoms with E-state index in [-0.39, 0.29) is 5.75 Å². The van der Waals surface area contributed by atoms with Crippen LogP contribution in [0.2, 0.25) is 0 Å². The second-order valence-electron chi connectivity index (χ2n) is 1.97. The zero-order chi connectivity index (χ0) is 8.10. The van der Waals surface area contributed by atoms with Crippen LogP contribution in [0, 0.1) is 0 Å². The van der Waals surface area contributed by atoms with Crippen LogP contribution in [0.25, 0.3) is 0 Å². The van der Waals surface area contributed by atoms with E-state index in [9.17, 15) is 4.79 Å². The quantitative estimate of drug-likeness (QED) is 0.749. The summed E-state index contributed by atoms with van der Waals surface area (Å²) in [5.41, 5.74) is 0. The molecule has 60 valence electrons. The van der Waals surface area contributed by atoms with Gasteiger partial charge in [-0.1, -0.05) is 0 Å². The summed E-state index contributed by atoms with van der Waals surface area (Å²) in [5, 5.41) is 8.29. The SMILES string of the molecule is O=C(O)CSCc1ccco1. The minimum Gasteiger partial charge on any atom is -0.481 e. The maximum atomic E-state index is 10.1. The Balaban J connectivity index is 2.19. The Morgan fingerprint density at radius 1 is 1.73 bits per heavy atom. The lowest BCUT2D eigenvalue weighted by atomic mass is 10.5. The van der Waals surface area contributed by atoms with Crippen molar-refractivity contribution in [2.75, 3.05) is 5.75 Å². The predicted molar refractivity (Wildman–Crippen MR) is 42.5 cm³/mol. The summed E-state index contributed by atoms with van der Waals surface area (Å²) in [7, 11) is 0. The van der Waals surface area contributed by atoms with Gasteiger partial charge in [-0.3, -0.25) is 4.79 Å². The van der Waals surface area contributed by atoms with Crippen molar-refractivity contribution in [2.24, 2.45) is 0 Å². The number of carboxylic acid groups (broad SMARTS) is 1. The molecule has 0 aromatic carbocycles. The summed E-state index contributed by atoms with van der Waals surface area (Å²) >= 11 is 1.33. The average molecular weight is 172 g/mol. The molecule has 0 aliphatic carbocycles. The first-order valence-electron chi connectivity index (χ1n) is 3.11. The van der Waals surface area contributed by atoms with Crippen LogP contribution in [0.3, 0.4) is 0 Å². The molecule has 0 fully saturated rings. The van der Waals surface area contributed by atoms with Crippen LogP contribution in [-0.2, 0) is 10.5 Å². The van der Waals surface area contributed by atoms with Crippen LogP contribution >= 0.6 is 11.8 Å². The molecule has 0 aliphatic rings. The second kappa shape index (κ2) is 4.08. The number of furan rings is 1. The van der Waals surface area contributed by atoms with Gasteiger partial charge in [0.05, 0.1) is 17.8 Å². The summed E-state index contributed by atoms with van der Waals surface area (Å²) in [6.07, 6.45) is 1.58. The number of carboxylic acids is 1. The molecule has 11 heavy (non-hydrogen) atoms. The lowest BCUT2D eigenvalue weighted by molar-refractivity contribution is -0.133. The first-order valence-corrected chi connectivity index (χ1v) is 4.26. The minimum atomic E-state index is -0.790. The highest BCUT2D eigenvalue weighted by Crippen LogP contribution is 2.11. The van der Waals surface area contributed by atoms with Crippen LogP contribution in [0.4, 0.5) is 0 Å². The summed E-state index contributed by atoms with van der Waals surface area (Å²) in [4.78, 5) is 10.1. The van der Waals surface area contributed by atoms with E-state index in [0.717, 1.165) is 5.76 Å². The number of aliphatic carboxylic acids is 1. The number of hydrogen-bond donors (Lipinski definition) is 1. The summed E-state index contributed by atoms with van der Waals surface area (Å²) in [5.74, 6) is 0.776. The fourth-order valence-electron chi connectivity index (χ4n) is 0.634. The third kappa shape index (κ3) is 3.13. The summed E-state index contributed by atoms with van der Waals surface area (Å²) < 4.78 is 5.00. The molecule has 0 spiro atoms. The van der Waals surface area contributed by atoms with Gasteiger partial charge in [-0.25, -0.2) is 0 Å². The van der Waals surface area contributed by atoms with Gasteiger partial charge >= 0.3 is 5.97 Å². The molecule has 0 radical (unpaired) electrons. The summed E-state index contributed by atoms with van der Waals surface area (Å²) in [6, 6.07) is 3.62. The van der Waals surface area contributed by atoms with Gasteiger partial charge < -0.3 is 9.52 Å². The first kappa shape index (κ1) is 8.20. The largest absolute Gasteiger partial charge is 0.481 e. The fourth-order valence-corrected chi connectivity index (χ4v) is 1.28. The van der Waals surface area contributed by atoms with E-state index >= 15 is 0 Å². The van der Waals surface area contributed by atoms with Gasteiger partial charge in [0, 0.05) is 0 Å². The van der Waals surface area contributed by atoms with Crippen LogP contribution in [0.1, 0.15) is 5.76 Å². The molecule has 0 amide bonds. The van der Waals surface area contributed by atoms with E-state index < -0.39 is 5.97 Å². The van der Waals surface area contributed by atoms with E-state index in [2.05, 4.69) is 0 Å². The van der Waals surface area contributed by atoms with Crippen LogP contribution in [-0.4, -0.2) is 16.8 Å². The van der Waals surface area contributed by atoms with Crippen molar-refractivity contribution in [1.29, 1.82) is 0 Å². The van der Waals surface area contributed by atoms with E-state index in [1.165, 1.54) is 11.8 Å². The number of carbonyl (C=O) groups is 1. The Bertz CT molecular complexity index is 218. The number of rotatable bonds is 4. The smallest absolute Gasteiger partial charge is 0.313 e. The first-order chi connectivity index (χ1) is 5.29. The molecule has 0 unspecified atom stereocenters. The maximum Gasteiger partial charge on any atom is 0.313 e. The van der Waals surface area contributed by atoms with Crippen LogP contribution < -0.4 is 0 Å². The molecule has 1 aromatic rings. The molecule has 1 aromatic heterocycles. The van der Waals surface area contributed by atoms with E-state index in [0.29, 0.717) is 5.75 Å². The Kier molecular flexibility index (Phi) is 3.04. The monoisotopic (exact) mass is 172 g/mol. The highest BCUT2D eigenvalue weighted by Gasteiger charge is 1.99. The summed E-state index contributed by atoms with van der Waals surface area (Å²) in [6.45, 7) is 0. The topological polar surface area (TPSA) is 50.4 Å². The molecular formula is C7H8O3S. The van der Waals surface area contributed by atoms with Gasteiger partial charge in [0.2, 0.25) is 0 Å². The lowest BCUT2D eigenvalue weighted by Crippen LogP contribution is -1.97. The fraction of sp³-hybridized carbons (Fsp3) is 0.286. The molecule has 0 saturated carbocycles. The standard InChI is InChI=1S/C7H8O3S/c8-7(9)5-11-4-6-2-1-3-10-6/h1-3H,4-5H2,(H,8,9). The molecule has 1 rings (SSSR count). The lowest BCUT2D eigenvalue weighted by Gasteiger charge is -1.92. The normalized spacial score (nSPS) is 9.82. The molecular weight excluding hydrogens is 164 g/mol. The maximum absolute atomic E-state index is 10.1. The van der Waals surface area contributed by atoms with Crippen molar-refractivity contribution in [2.45, 2.75) is 5.75 Å². The molecule has 0 saturated heterocycles. The van der Waals surface area contributed by atoms with Crippen molar-refractivity contribution < 1.29 is 14.3 Å². The molecule has 0 bridgehead atoms. The van der Waals surface area contributed by atoms with Crippen molar-refractivity contribution >= 4 is 17.7 Å². The van der Waals surface area contributed by atoms with E-state index in [1.54, 1.807) is 12.3 Å². The Morgan fingerprint density at radius 3 is 3.09 bits per heavy atom. The van der Waals surface area contributed by atoms with Crippen LogP contribution in [0.5, 0.6) is 0 Å². The van der Waals surface area contributed by atoms with Gasteiger partial charge in [-0.2, -0.15) is 0 Å². The third-order valence-corrected chi connectivity index (χ3v) is 1.99. The molecule has 0 atom stereocenters. The van der Waals surface area contributed by atoms with Gasteiger partial charge in [-0.05, 0) is 12.1 Å². The van der Waals surface area contributed by atoms with Crippen molar-refractivity contribution in [3.05, 3.63) is 24.2 Å². The Labute approximate surface area is 68.4 Å².